The van der Waals surface area contributed by atoms with Crippen molar-refractivity contribution < 1.29 is 5.11 Å². The Balaban J connectivity index is 1.71. The van der Waals surface area contributed by atoms with Crippen LogP contribution in [0.1, 0.15) is 17.3 Å². The molecular formula is C20H21BrN2O. The van der Waals surface area contributed by atoms with Crippen LogP contribution >= 0.6 is 15.9 Å². The van der Waals surface area contributed by atoms with Gasteiger partial charge in [0.1, 0.15) is 0 Å². The summed E-state index contributed by atoms with van der Waals surface area (Å²) in [4.78, 5) is 2.36. The number of hydrogen-bond donors (Lipinski definition) is 1. The van der Waals surface area contributed by atoms with Gasteiger partial charge in [0.15, 0.2) is 0 Å². The Morgan fingerprint density at radius 1 is 1.17 bits per heavy atom. The second kappa shape index (κ2) is 6.36. The van der Waals surface area contributed by atoms with Crippen LogP contribution in [-0.4, -0.2) is 28.2 Å². The lowest BCUT2D eigenvalue weighted by Gasteiger charge is -2.28. The number of aliphatic hydroxyl groups excluding tert-OH is 1. The van der Waals surface area contributed by atoms with Crippen molar-refractivity contribution in [2.45, 2.75) is 19.1 Å². The van der Waals surface area contributed by atoms with Gasteiger partial charge in [0.05, 0.1) is 6.04 Å². The third-order valence-corrected chi connectivity index (χ3v) is 5.54. The lowest BCUT2D eigenvalue weighted by molar-refractivity contribution is 0.122. The number of halogens is 1. The van der Waals surface area contributed by atoms with E-state index in [9.17, 15) is 5.11 Å². The standard InChI is InChI=1S/C20H21BrN2O/c1-22(11-14-5-3-2-4-6-14)20-16(13-24)12-23-18-8-7-17(21)9-15(18)10-19(20)23/h2-10,16,20,24H,11-13H2,1H3/t16-,20?/m0/s1. The smallest absolute Gasteiger partial charge is 0.0568 e. The molecule has 1 unspecified atom stereocenters. The largest absolute Gasteiger partial charge is 0.396 e. The van der Waals surface area contributed by atoms with Crippen molar-refractivity contribution in [1.82, 2.24) is 9.47 Å². The summed E-state index contributed by atoms with van der Waals surface area (Å²) in [6.45, 7) is 1.97. The van der Waals surface area contributed by atoms with Crippen LogP contribution in [0.3, 0.4) is 0 Å². The summed E-state index contributed by atoms with van der Waals surface area (Å²) in [5, 5.41) is 11.2. The van der Waals surface area contributed by atoms with Crippen LogP contribution in [-0.2, 0) is 13.1 Å². The van der Waals surface area contributed by atoms with Gasteiger partial charge in [-0.1, -0.05) is 46.3 Å². The molecule has 1 aliphatic rings. The van der Waals surface area contributed by atoms with Crippen molar-refractivity contribution in [2.75, 3.05) is 13.7 Å². The normalized spacial score (nSPS) is 20.0. The number of hydrogen-bond acceptors (Lipinski definition) is 2. The van der Waals surface area contributed by atoms with E-state index in [4.69, 9.17) is 0 Å². The Hall–Kier alpha value is -1.62. The van der Waals surface area contributed by atoms with E-state index < -0.39 is 0 Å². The minimum Gasteiger partial charge on any atom is -0.396 e. The Morgan fingerprint density at radius 3 is 2.71 bits per heavy atom. The first-order valence-electron chi connectivity index (χ1n) is 8.31. The molecule has 2 atom stereocenters. The summed E-state index contributed by atoms with van der Waals surface area (Å²) >= 11 is 3.56. The summed E-state index contributed by atoms with van der Waals surface area (Å²) in [6, 6.07) is 19.5. The third-order valence-electron chi connectivity index (χ3n) is 5.05. The highest BCUT2D eigenvalue weighted by Crippen LogP contribution is 2.40. The maximum absolute atomic E-state index is 9.91. The van der Waals surface area contributed by atoms with Gasteiger partial charge in [0, 0.05) is 46.7 Å². The van der Waals surface area contributed by atoms with Crippen molar-refractivity contribution in [3.63, 3.8) is 0 Å². The molecule has 0 spiro atoms. The first kappa shape index (κ1) is 15.9. The second-order valence-corrected chi connectivity index (χ2v) is 7.59. The van der Waals surface area contributed by atoms with Crippen molar-refractivity contribution in [2.24, 2.45) is 5.92 Å². The van der Waals surface area contributed by atoms with Gasteiger partial charge in [-0.15, -0.1) is 0 Å². The molecule has 2 heterocycles. The Bertz CT molecular complexity index is 859. The fourth-order valence-electron chi connectivity index (χ4n) is 4.00. The fraction of sp³-hybridized carbons (Fsp3) is 0.300. The Labute approximate surface area is 150 Å². The number of aliphatic hydroxyl groups is 1. The van der Waals surface area contributed by atoms with Crippen molar-refractivity contribution in [3.8, 4) is 0 Å². The minimum absolute atomic E-state index is 0.212. The van der Waals surface area contributed by atoms with Crippen LogP contribution in [0.25, 0.3) is 10.9 Å². The molecule has 0 amide bonds. The molecular weight excluding hydrogens is 364 g/mol. The number of fused-ring (bicyclic) bond motifs is 3. The van der Waals surface area contributed by atoms with Crippen LogP contribution in [0.15, 0.2) is 59.1 Å². The molecule has 0 fully saturated rings. The minimum atomic E-state index is 0.212. The molecule has 24 heavy (non-hydrogen) atoms. The van der Waals surface area contributed by atoms with E-state index in [1.54, 1.807) is 0 Å². The zero-order valence-electron chi connectivity index (χ0n) is 13.7. The summed E-state index contributed by atoms with van der Waals surface area (Å²) in [5.74, 6) is 0.238. The van der Waals surface area contributed by atoms with E-state index >= 15 is 0 Å². The van der Waals surface area contributed by atoms with Crippen LogP contribution in [0.4, 0.5) is 0 Å². The molecule has 4 heteroatoms. The van der Waals surface area contributed by atoms with Crippen LogP contribution in [0, 0.1) is 5.92 Å². The average molecular weight is 385 g/mol. The highest BCUT2D eigenvalue weighted by atomic mass is 79.9. The van der Waals surface area contributed by atoms with Gasteiger partial charge >= 0.3 is 0 Å². The van der Waals surface area contributed by atoms with E-state index in [2.05, 4.69) is 81.0 Å². The molecule has 3 nitrogen and oxygen atoms in total. The van der Waals surface area contributed by atoms with Gasteiger partial charge in [0.25, 0.3) is 0 Å². The fourth-order valence-corrected chi connectivity index (χ4v) is 4.38. The summed E-state index contributed by atoms with van der Waals surface area (Å²) in [7, 11) is 2.16. The van der Waals surface area contributed by atoms with Gasteiger partial charge < -0.3 is 9.67 Å². The quantitative estimate of drug-likeness (QED) is 0.729. The monoisotopic (exact) mass is 384 g/mol. The summed E-state index contributed by atoms with van der Waals surface area (Å²) in [5.41, 5.74) is 3.86. The SMILES string of the molecule is CN(Cc1ccccc1)C1c2cc3cc(Br)ccc3n2C[C@H]1CO. The average Bonchev–Trinajstić information content (AvgIpc) is 3.10. The first-order chi connectivity index (χ1) is 11.7. The van der Waals surface area contributed by atoms with Gasteiger partial charge in [-0.2, -0.15) is 0 Å². The van der Waals surface area contributed by atoms with Gasteiger partial charge in [-0.25, -0.2) is 0 Å². The third kappa shape index (κ3) is 2.69. The molecule has 1 aromatic heterocycles. The molecule has 0 saturated carbocycles. The molecule has 4 rings (SSSR count). The molecule has 1 aliphatic heterocycles. The van der Waals surface area contributed by atoms with Gasteiger partial charge in [0.2, 0.25) is 0 Å². The molecule has 0 radical (unpaired) electrons. The first-order valence-corrected chi connectivity index (χ1v) is 9.10. The van der Waals surface area contributed by atoms with E-state index in [0.29, 0.717) is 0 Å². The topological polar surface area (TPSA) is 28.4 Å². The van der Waals surface area contributed by atoms with Crippen molar-refractivity contribution in [3.05, 3.63) is 70.3 Å². The second-order valence-electron chi connectivity index (χ2n) is 6.67. The van der Waals surface area contributed by atoms with Crippen molar-refractivity contribution >= 4 is 26.8 Å². The summed E-state index contributed by atoms with van der Waals surface area (Å²) < 4.78 is 3.47. The zero-order chi connectivity index (χ0) is 16.7. The number of rotatable bonds is 4. The lowest BCUT2D eigenvalue weighted by Crippen LogP contribution is -2.29. The maximum atomic E-state index is 9.91. The van der Waals surface area contributed by atoms with Crippen molar-refractivity contribution in [1.29, 1.82) is 0 Å². The lowest BCUT2D eigenvalue weighted by atomic mass is 9.99. The van der Waals surface area contributed by atoms with Crippen LogP contribution in [0.5, 0.6) is 0 Å². The van der Waals surface area contributed by atoms with E-state index in [1.807, 2.05) is 6.07 Å². The molecule has 0 bridgehead atoms. The summed E-state index contributed by atoms with van der Waals surface area (Å²) in [6.07, 6.45) is 0. The zero-order valence-corrected chi connectivity index (χ0v) is 15.3. The highest BCUT2D eigenvalue weighted by molar-refractivity contribution is 9.10. The number of benzene rings is 2. The molecule has 0 saturated heterocycles. The Kier molecular flexibility index (Phi) is 4.21. The molecule has 2 aromatic carbocycles. The highest BCUT2D eigenvalue weighted by Gasteiger charge is 2.36. The predicted octanol–water partition coefficient (Wildman–Crippen LogP) is 4.20. The Morgan fingerprint density at radius 2 is 1.96 bits per heavy atom. The number of aromatic nitrogens is 1. The predicted molar refractivity (Wildman–Crippen MR) is 101 cm³/mol. The van der Waals surface area contributed by atoms with Gasteiger partial charge in [-0.05, 0) is 36.9 Å². The molecule has 3 aromatic rings. The molecule has 0 aliphatic carbocycles. The van der Waals surface area contributed by atoms with E-state index in [0.717, 1.165) is 17.6 Å². The maximum Gasteiger partial charge on any atom is 0.0568 e. The van der Waals surface area contributed by atoms with E-state index in [1.165, 1.54) is 22.2 Å². The molecule has 1 N–H and O–H groups in total. The number of nitrogens with zero attached hydrogens (tertiary/aromatic N) is 2. The van der Waals surface area contributed by atoms with Gasteiger partial charge in [-0.3, -0.25) is 4.90 Å². The molecule has 124 valence electrons. The van der Waals surface area contributed by atoms with Crippen LogP contribution in [0.2, 0.25) is 0 Å². The van der Waals surface area contributed by atoms with Crippen LogP contribution < -0.4 is 0 Å². The van der Waals surface area contributed by atoms with E-state index in [-0.39, 0.29) is 18.6 Å².